The number of rotatable bonds is 8. The van der Waals surface area contributed by atoms with Crippen molar-refractivity contribution in [3.05, 3.63) is 25.0 Å². The highest BCUT2D eigenvalue weighted by Gasteiger charge is 1.78. The lowest BCUT2D eigenvalue weighted by Crippen LogP contribution is -1.77. The molecule has 0 heterocycles. The van der Waals surface area contributed by atoms with Gasteiger partial charge in [-0.1, -0.05) is 0 Å². The van der Waals surface area contributed by atoms with Crippen LogP contribution in [0.1, 0.15) is 13.8 Å². The second-order valence-corrected chi connectivity index (χ2v) is 2.41. The van der Waals surface area contributed by atoms with E-state index in [2.05, 4.69) is 0 Å². The third-order valence-electron chi connectivity index (χ3n) is 0.869. The first-order chi connectivity index (χ1) is 6.41. The van der Waals surface area contributed by atoms with Gasteiger partial charge in [-0.25, -0.2) is 0 Å². The molecule has 0 aliphatic carbocycles. The maximum absolute atomic E-state index is 4.91. The molecule has 0 saturated carbocycles. The van der Waals surface area contributed by atoms with E-state index in [1.807, 2.05) is 13.8 Å². The van der Waals surface area contributed by atoms with Crippen molar-refractivity contribution >= 4 is 9.03 Å². The Morgan fingerprint density at radius 2 is 1.31 bits per heavy atom. The van der Waals surface area contributed by atoms with E-state index in [-0.39, 0.29) is 9.03 Å². The van der Waals surface area contributed by atoms with E-state index in [1.54, 1.807) is 0 Å². The maximum atomic E-state index is 4.91. The average Bonchev–Trinajstić information content (AvgIpc) is 2.16. The van der Waals surface area contributed by atoms with Crippen LogP contribution in [0, 0.1) is 0 Å². The van der Waals surface area contributed by atoms with Gasteiger partial charge in [-0.2, -0.15) is 0 Å². The van der Waals surface area contributed by atoms with Crippen molar-refractivity contribution in [2.45, 2.75) is 13.8 Å². The number of hydrogen-bond acceptors (Lipinski definition) is 4. The lowest BCUT2D eigenvalue weighted by atomic mass is 10.9. The van der Waals surface area contributed by atoms with Crippen molar-refractivity contribution in [3.63, 3.8) is 0 Å². The molecule has 0 aliphatic rings. The molecular weight excluding hydrogens is 191 g/mol. The summed E-state index contributed by atoms with van der Waals surface area (Å²) in [6.07, 6.45) is 5.83. The fourth-order valence-corrected chi connectivity index (χ4v) is 0.688. The lowest BCUT2D eigenvalue weighted by molar-refractivity contribution is 0.254. The van der Waals surface area contributed by atoms with Gasteiger partial charge in [0.2, 0.25) is 0 Å². The Balaban J connectivity index is 3.07. The quantitative estimate of drug-likeness (QED) is 0.347. The molecule has 0 N–H and O–H groups in total. The van der Waals surface area contributed by atoms with Gasteiger partial charge in [-0.15, -0.1) is 0 Å². The van der Waals surface area contributed by atoms with Crippen molar-refractivity contribution in [2.24, 2.45) is 0 Å². The van der Waals surface area contributed by atoms with E-state index in [0.29, 0.717) is 13.2 Å². The second kappa shape index (κ2) is 11.1. The molecule has 4 nitrogen and oxygen atoms in total. The SMILES string of the molecule is CCOC=COPOC=COCC. The molecule has 0 aliphatic heterocycles. The van der Waals surface area contributed by atoms with Crippen LogP contribution in [0.25, 0.3) is 0 Å². The molecule has 0 radical (unpaired) electrons. The smallest absolute Gasteiger partial charge is 0.274 e. The van der Waals surface area contributed by atoms with E-state index in [9.17, 15) is 0 Å². The molecule has 76 valence electrons. The molecule has 0 fully saturated rings. The molecule has 0 rings (SSSR count). The van der Waals surface area contributed by atoms with Crippen LogP contribution < -0.4 is 0 Å². The third-order valence-corrected chi connectivity index (χ3v) is 1.33. The molecular formula is C8H15O4P. The standard InChI is InChI=1S/C8H15O4P/c1-3-9-5-7-11-13-12-8-6-10-4-2/h5-8,13H,3-4H2,1-2H3. The van der Waals surface area contributed by atoms with Gasteiger partial charge in [-0.05, 0) is 13.8 Å². The molecule has 0 unspecified atom stereocenters. The summed E-state index contributed by atoms with van der Waals surface area (Å²) in [5.41, 5.74) is 0. The Morgan fingerprint density at radius 3 is 1.69 bits per heavy atom. The van der Waals surface area contributed by atoms with Gasteiger partial charge >= 0.3 is 0 Å². The number of hydrogen-bond donors (Lipinski definition) is 0. The van der Waals surface area contributed by atoms with Crippen LogP contribution in [0.4, 0.5) is 0 Å². The molecule has 0 atom stereocenters. The normalized spacial score (nSPS) is 11.5. The predicted octanol–water partition coefficient (Wildman–Crippen LogP) is 2.54. The maximum Gasteiger partial charge on any atom is 0.274 e. The Hall–Kier alpha value is -0.890. The summed E-state index contributed by atoms with van der Waals surface area (Å²) in [7, 11) is -0.0789. The summed E-state index contributed by atoms with van der Waals surface area (Å²) < 4.78 is 19.6. The topological polar surface area (TPSA) is 36.9 Å². The summed E-state index contributed by atoms with van der Waals surface area (Å²) in [5, 5.41) is 0. The molecule has 0 bridgehead atoms. The van der Waals surface area contributed by atoms with E-state index in [4.69, 9.17) is 18.5 Å². The molecule has 0 spiro atoms. The monoisotopic (exact) mass is 206 g/mol. The van der Waals surface area contributed by atoms with Crippen molar-refractivity contribution in [1.29, 1.82) is 0 Å². The summed E-state index contributed by atoms with van der Waals surface area (Å²) in [6, 6.07) is 0. The van der Waals surface area contributed by atoms with Crippen molar-refractivity contribution in [1.82, 2.24) is 0 Å². The minimum atomic E-state index is -0.0789. The molecule has 0 saturated heterocycles. The lowest BCUT2D eigenvalue weighted by Gasteiger charge is -1.98. The van der Waals surface area contributed by atoms with Gasteiger partial charge in [-0.3, -0.25) is 0 Å². The summed E-state index contributed by atoms with van der Waals surface area (Å²) >= 11 is 0. The van der Waals surface area contributed by atoms with Crippen LogP contribution in [0.15, 0.2) is 25.0 Å². The largest absolute Gasteiger partial charge is 0.498 e. The zero-order valence-corrected chi connectivity index (χ0v) is 8.86. The molecule has 0 aromatic rings. The molecule has 0 amide bonds. The van der Waals surface area contributed by atoms with Crippen LogP contribution in [0.5, 0.6) is 0 Å². The Bertz CT molecular complexity index is 131. The van der Waals surface area contributed by atoms with Crippen molar-refractivity contribution in [3.8, 4) is 0 Å². The zero-order chi connectivity index (χ0) is 9.78. The minimum Gasteiger partial charge on any atom is -0.498 e. The first-order valence-electron chi connectivity index (χ1n) is 4.01. The van der Waals surface area contributed by atoms with E-state index in [0.717, 1.165) is 0 Å². The highest BCUT2D eigenvalue weighted by Crippen LogP contribution is 2.13. The summed E-state index contributed by atoms with van der Waals surface area (Å²) in [5.74, 6) is 0. The van der Waals surface area contributed by atoms with Gasteiger partial charge in [0.25, 0.3) is 9.03 Å². The molecule has 5 heteroatoms. The Labute approximate surface area is 80.5 Å². The van der Waals surface area contributed by atoms with Crippen molar-refractivity contribution < 1.29 is 18.5 Å². The van der Waals surface area contributed by atoms with Crippen LogP contribution >= 0.6 is 9.03 Å². The van der Waals surface area contributed by atoms with Gasteiger partial charge in [0.1, 0.15) is 25.0 Å². The highest BCUT2D eigenvalue weighted by atomic mass is 31.1. The van der Waals surface area contributed by atoms with Gasteiger partial charge in [0.15, 0.2) is 0 Å². The van der Waals surface area contributed by atoms with Crippen LogP contribution in [-0.2, 0) is 18.5 Å². The minimum absolute atomic E-state index is 0.0789. The number of ether oxygens (including phenoxy) is 2. The van der Waals surface area contributed by atoms with Gasteiger partial charge < -0.3 is 18.5 Å². The van der Waals surface area contributed by atoms with Gasteiger partial charge in [0, 0.05) is 0 Å². The first-order valence-corrected chi connectivity index (χ1v) is 4.83. The fraction of sp³-hybridized carbons (Fsp3) is 0.500. The molecule has 0 aromatic heterocycles. The highest BCUT2D eigenvalue weighted by molar-refractivity contribution is 7.26. The van der Waals surface area contributed by atoms with E-state index >= 15 is 0 Å². The Kier molecular flexibility index (Phi) is 10.3. The van der Waals surface area contributed by atoms with E-state index < -0.39 is 0 Å². The third kappa shape index (κ3) is 11.1. The summed E-state index contributed by atoms with van der Waals surface area (Å²) in [4.78, 5) is 0. The molecule has 13 heavy (non-hydrogen) atoms. The Morgan fingerprint density at radius 1 is 0.846 bits per heavy atom. The van der Waals surface area contributed by atoms with E-state index in [1.165, 1.54) is 25.0 Å². The molecule has 0 aromatic carbocycles. The summed E-state index contributed by atoms with van der Waals surface area (Å²) in [6.45, 7) is 5.06. The predicted molar refractivity (Wildman–Crippen MR) is 52.0 cm³/mol. The zero-order valence-electron chi connectivity index (χ0n) is 7.86. The first kappa shape index (κ1) is 12.1. The van der Waals surface area contributed by atoms with Crippen LogP contribution in [0.3, 0.4) is 0 Å². The van der Waals surface area contributed by atoms with Crippen molar-refractivity contribution in [2.75, 3.05) is 13.2 Å². The van der Waals surface area contributed by atoms with Crippen LogP contribution in [-0.4, -0.2) is 13.2 Å². The van der Waals surface area contributed by atoms with Crippen LogP contribution in [0.2, 0.25) is 0 Å². The second-order valence-electron chi connectivity index (χ2n) is 1.77. The fourth-order valence-electron chi connectivity index (χ4n) is 0.410. The van der Waals surface area contributed by atoms with Gasteiger partial charge in [0.05, 0.1) is 13.2 Å². The average molecular weight is 206 g/mol.